The predicted molar refractivity (Wildman–Crippen MR) is 80.0 cm³/mol. The summed E-state index contributed by atoms with van der Waals surface area (Å²) in [5.41, 5.74) is 0. The maximum Gasteiger partial charge on any atom is 0.242 e. The highest BCUT2D eigenvalue weighted by Gasteiger charge is 2.28. The molecule has 20 heavy (non-hydrogen) atoms. The molecule has 1 amide bonds. The molecule has 2 aliphatic rings. The molecule has 1 aliphatic heterocycles. The smallest absolute Gasteiger partial charge is 0.242 e. The molecule has 5 nitrogen and oxygen atoms in total. The van der Waals surface area contributed by atoms with E-state index in [1.165, 1.54) is 37.2 Å². The molecule has 3 rings (SSSR count). The van der Waals surface area contributed by atoms with E-state index in [2.05, 4.69) is 21.2 Å². The lowest BCUT2D eigenvalue weighted by Gasteiger charge is -2.35. The summed E-state index contributed by atoms with van der Waals surface area (Å²) in [6.45, 7) is 5.19. The van der Waals surface area contributed by atoms with Crippen molar-refractivity contribution < 1.29 is 4.79 Å². The molecule has 0 spiro atoms. The summed E-state index contributed by atoms with van der Waals surface area (Å²) in [6, 6.07) is 0. The molecule has 1 aromatic heterocycles. The molecule has 1 aromatic rings. The zero-order chi connectivity index (χ0) is 13.9. The first-order valence-electron chi connectivity index (χ1n) is 7.61. The number of carbonyl (C=O) groups excluding carboxylic acids is 1. The Hall–Kier alpha value is -1.17. The summed E-state index contributed by atoms with van der Waals surface area (Å²) in [5.74, 6) is 1.86. The van der Waals surface area contributed by atoms with E-state index >= 15 is 0 Å². The minimum Gasteiger partial charge on any atom is -0.339 e. The van der Waals surface area contributed by atoms with Crippen LogP contribution >= 0.6 is 11.5 Å². The summed E-state index contributed by atoms with van der Waals surface area (Å²) in [5, 5.41) is 0.899. The van der Waals surface area contributed by atoms with E-state index in [1.807, 2.05) is 4.90 Å². The molecule has 6 heteroatoms. The molecule has 0 N–H and O–H groups in total. The Morgan fingerprint density at radius 3 is 2.75 bits per heavy atom. The number of amides is 1. The first-order chi connectivity index (χ1) is 9.76. The molecule has 0 unspecified atom stereocenters. The van der Waals surface area contributed by atoms with Crippen LogP contribution in [-0.4, -0.2) is 46.3 Å². The summed E-state index contributed by atoms with van der Waals surface area (Å²) in [6.07, 6.45) is 6.12. The van der Waals surface area contributed by atoms with Crippen LogP contribution in [0.5, 0.6) is 0 Å². The highest BCUT2D eigenvalue weighted by molar-refractivity contribution is 7.09. The van der Waals surface area contributed by atoms with Crippen molar-refractivity contribution in [3.05, 3.63) is 5.82 Å². The third kappa shape index (κ3) is 2.95. The van der Waals surface area contributed by atoms with E-state index in [4.69, 9.17) is 0 Å². The molecule has 2 fully saturated rings. The van der Waals surface area contributed by atoms with Gasteiger partial charge in [-0.25, -0.2) is 4.98 Å². The zero-order valence-corrected chi connectivity index (χ0v) is 12.9. The molecule has 0 radical (unpaired) electrons. The standard InChI is InChI=1S/C14H22N4OS/c1-2-12-15-14(20-16-12)18-8-7-17(13(19)10-18)9-11-5-3-4-6-11/h11H,2-10H2,1H3. The van der Waals surface area contributed by atoms with Gasteiger partial charge in [-0.2, -0.15) is 4.37 Å². The lowest BCUT2D eigenvalue weighted by molar-refractivity contribution is -0.131. The third-order valence-electron chi connectivity index (χ3n) is 4.32. The SMILES string of the molecule is CCc1nsc(N2CCN(CC3CCCC3)C(=O)C2)n1. The average molecular weight is 294 g/mol. The first kappa shape index (κ1) is 13.8. The highest BCUT2D eigenvalue weighted by atomic mass is 32.1. The van der Waals surface area contributed by atoms with Crippen molar-refractivity contribution in [3.8, 4) is 0 Å². The van der Waals surface area contributed by atoms with Crippen molar-refractivity contribution in [2.75, 3.05) is 31.1 Å². The minimum atomic E-state index is 0.247. The molecule has 0 aromatic carbocycles. The normalized spacial score (nSPS) is 20.9. The van der Waals surface area contributed by atoms with Crippen LogP contribution in [0, 0.1) is 5.92 Å². The number of nitrogens with zero attached hydrogens (tertiary/aromatic N) is 4. The molecule has 110 valence electrons. The Balaban J connectivity index is 1.57. The van der Waals surface area contributed by atoms with Crippen LogP contribution in [0.2, 0.25) is 0 Å². The summed E-state index contributed by atoms with van der Waals surface area (Å²) < 4.78 is 4.30. The lowest BCUT2D eigenvalue weighted by atomic mass is 10.1. The van der Waals surface area contributed by atoms with Gasteiger partial charge >= 0.3 is 0 Å². The molecule has 1 saturated carbocycles. The Morgan fingerprint density at radius 1 is 1.30 bits per heavy atom. The van der Waals surface area contributed by atoms with E-state index in [0.717, 1.165) is 42.9 Å². The van der Waals surface area contributed by atoms with Crippen LogP contribution in [0.1, 0.15) is 38.4 Å². The average Bonchev–Trinajstić information content (AvgIpc) is 3.12. The molecule has 0 bridgehead atoms. The lowest BCUT2D eigenvalue weighted by Crippen LogP contribution is -2.51. The zero-order valence-electron chi connectivity index (χ0n) is 12.0. The van der Waals surface area contributed by atoms with Gasteiger partial charge in [0, 0.05) is 37.6 Å². The van der Waals surface area contributed by atoms with Crippen LogP contribution in [0.4, 0.5) is 5.13 Å². The monoisotopic (exact) mass is 294 g/mol. The van der Waals surface area contributed by atoms with Gasteiger partial charge in [-0.05, 0) is 18.8 Å². The maximum atomic E-state index is 12.3. The van der Waals surface area contributed by atoms with E-state index in [-0.39, 0.29) is 5.91 Å². The fourth-order valence-electron chi connectivity index (χ4n) is 3.09. The fraction of sp³-hybridized carbons (Fsp3) is 0.786. The molecular weight excluding hydrogens is 272 g/mol. The van der Waals surface area contributed by atoms with Gasteiger partial charge in [0.25, 0.3) is 0 Å². The Kier molecular flexibility index (Phi) is 4.19. The summed E-state index contributed by atoms with van der Waals surface area (Å²) in [4.78, 5) is 20.9. The van der Waals surface area contributed by atoms with Gasteiger partial charge < -0.3 is 9.80 Å². The van der Waals surface area contributed by atoms with E-state index in [1.54, 1.807) is 0 Å². The van der Waals surface area contributed by atoms with Gasteiger partial charge in [-0.3, -0.25) is 4.79 Å². The Bertz CT molecular complexity index is 469. The second-order valence-electron chi connectivity index (χ2n) is 5.76. The molecular formula is C14H22N4OS. The molecule has 0 atom stereocenters. The van der Waals surface area contributed by atoms with Gasteiger partial charge in [0.1, 0.15) is 5.82 Å². The van der Waals surface area contributed by atoms with Crippen molar-refractivity contribution in [1.29, 1.82) is 0 Å². The van der Waals surface area contributed by atoms with Crippen molar-refractivity contribution in [1.82, 2.24) is 14.3 Å². The number of hydrogen-bond donors (Lipinski definition) is 0. The number of rotatable bonds is 4. The maximum absolute atomic E-state index is 12.3. The van der Waals surface area contributed by atoms with Crippen LogP contribution in [-0.2, 0) is 11.2 Å². The van der Waals surface area contributed by atoms with Gasteiger partial charge in [0.15, 0.2) is 0 Å². The van der Waals surface area contributed by atoms with Gasteiger partial charge in [0.2, 0.25) is 11.0 Å². The van der Waals surface area contributed by atoms with Crippen molar-refractivity contribution in [2.45, 2.75) is 39.0 Å². The van der Waals surface area contributed by atoms with Gasteiger partial charge in [-0.15, -0.1) is 0 Å². The second-order valence-corrected chi connectivity index (χ2v) is 6.49. The number of anilines is 1. The Labute approximate surface area is 124 Å². The minimum absolute atomic E-state index is 0.247. The van der Waals surface area contributed by atoms with E-state index in [9.17, 15) is 4.79 Å². The third-order valence-corrected chi connectivity index (χ3v) is 5.13. The van der Waals surface area contributed by atoms with Crippen LogP contribution in [0.3, 0.4) is 0 Å². The molecule has 1 aliphatic carbocycles. The van der Waals surface area contributed by atoms with E-state index < -0.39 is 0 Å². The van der Waals surface area contributed by atoms with Gasteiger partial charge in [0.05, 0.1) is 6.54 Å². The number of piperazine rings is 1. The highest BCUT2D eigenvalue weighted by Crippen LogP contribution is 2.26. The summed E-state index contributed by atoms with van der Waals surface area (Å²) in [7, 11) is 0. The Morgan fingerprint density at radius 2 is 2.10 bits per heavy atom. The van der Waals surface area contributed by atoms with Crippen molar-refractivity contribution in [3.63, 3.8) is 0 Å². The molecule has 2 heterocycles. The van der Waals surface area contributed by atoms with Gasteiger partial charge in [-0.1, -0.05) is 19.8 Å². The van der Waals surface area contributed by atoms with Crippen molar-refractivity contribution >= 4 is 22.6 Å². The first-order valence-corrected chi connectivity index (χ1v) is 8.39. The fourth-order valence-corrected chi connectivity index (χ4v) is 3.86. The topological polar surface area (TPSA) is 49.3 Å². The van der Waals surface area contributed by atoms with Crippen LogP contribution in [0.25, 0.3) is 0 Å². The van der Waals surface area contributed by atoms with Crippen LogP contribution < -0.4 is 4.90 Å². The van der Waals surface area contributed by atoms with Crippen LogP contribution in [0.15, 0.2) is 0 Å². The van der Waals surface area contributed by atoms with Crippen molar-refractivity contribution in [2.24, 2.45) is 5.92 Å². The summed E-state index contributed by atoms with van der Waals surface area (Å²) >= 11 is 1.41. The molecule has 1 saturated heterocycles. The number of hydrogen-bond acceptors (Lipinski definition) is 5. The quantitative estimate of drug-likeness (QED) is 0.851. The number of carbonyl (C=O) groups is 1. The largest absolute Gasteiger partial charge is 0.339 e. The predicted octanol–water partition coefficient (Wildman–Crippen LogP) is 1.94. The second kappa shape index (κ2) is 6.08. The van der Waals surface area contributed by atoms with E-state index in [0.29, 0.717) is 6.54 Å². The number of aryl methyl sites for hydroxylation is 1. The number of aromatic nitrogens is 2.